The van der Waals surface area contributed by atoms with E-state index in [0.29, 0.717) is 30.2 Å². The molecule has 0 bridgehead atoms. The summed E-state index contributed by atoms with van der Waals surface area (Å²) in [5, 5.41) is 7.31. The number of rotatable bonds is 11. The zero-order valence-corrected chi connectivity index (χ0v) is 18.9. The van der Waals surface area contributed by atoms with Crippen molar-refractivity contribution in [1.29, 1.82) is 0 Å². The Morgan fingerprint density at radius 2 is 1.88 bits per heavy atom. The molecule has 1 aromatic heterocycles. The van der Waals surface area contributed by atoms with Crippen LogP contribution < -0.4 is 9.47 Å². The van der Waals surface area contributed by atoms with E-state index in [1.165, 1.54) is 12.1 Å². The Labute approximate surface area is 188 Å². The lowest BCUT2D eigenvalue weighted by molar-refractivity contribution is 0.0793. The van der Waals surface area contributed by atoms with Gasteiger partial charge >= 0.3 is 0 Å². The number of aromatic amines is 1. The number of aromatic nitrogens is 2. The monoisotopic (exact) mass is 439 g/mol. The second kappa shape index (κ2) is 11.3. The van der Waals surface area contributed by atoms with Gasteiger partial charge in [0, 0.05) is 30.4 Å². The number of methoxy groups -OCH3 is 1. The molecule has 0 saturated heterocycles. The number of nitrogens with one attached hydrogen (secondary N) is 1. The second-order valence-electron chi connectivity index (χ2n) is 7.68. The maximum atomic E-state index is 13.1. The first-order valence-corrected chi connectivity index (χ1v) is 10.9. The van der Waals surface area contributed by atoms with Crippen molar-refractivity contribution in [1.82, 2.24) is 15.1 Å². The van der Waals surface area contributed by atoms with Crippen molar-refractivity contribution in [3.8, 4) is 22.8 Å². The molecule has 170 valence electrons. The molecule has 7 heteroatoms. The van der Waals surface area contributed by atoms with Crippen LogP contribution >= 0.6 is 0 Å². The van der Waals surface area contributed by atoms with Crippen molar-refractivity contribution < 1.29 is 18.7 Å². The van der Waals surface area contributed by atoms with Crippen molar-refractivity contribution in [2.45, 2.75) is 32.6 Å². The first kappa shape index (κ1) is 23.3. The van der Waals surface area contributed by atoms with Crippen LogP contribution in [0.1, 0.15) is 42.2 Å². The van der Waals surface area contributed by atoms with Crippen LogP contribution in [0.2, 0.25) is 0 Å². The molecular formula is C25H30FN3O3. The van der Waals surface area contributed by atoms with Crippen molar-refractivity contribution in [2.24, 2.45) is 0 Å². The molecular weight excluding hydrogens is 409 g/mol. The summed E-state index contributed by atoms with van der Waals surface area (Å²) in [5.41, 5.74) is 3.17. The molecule has 1 amide bonds. The third kappa shape index (κ3) is 6.09. The fraction of sp³-hybridized carbons (Fsp3) is 0.360. The van der Waals surface area contributed by atoms with Gasteiger partial charge in [-0.3, -0.25) is 9.89 Å². The Kier molecular flexibility index (Phi) is 8.25. The lowest BCUT2D eigenvalue weighted by Gasteiger charge is -2.18. The fourth-order valence-electron chi connectivity index (χ4n) is 3.33. The fourth-order valence-corrected chi connectivity index (χ4v) is 3.33. The summed E-state index contributed by atoms with van der Waals surface area (Å²) in [4.78, 5) is 14.5. The maximum absolute atomic E-state index is 13.1. The molecule has 0 aliphatic heterocycles. The third-order valence-electron chi connectivity index (χ3n) is 5.22. The average Bonchev–Trinajstić information content (AvgIpc) is 3.28. The van der Waals surface area contributed by atoms with E-state index in [9.17, 15) is 9.18 Å². The standard InChI is InChI=1S/C25H30FN3O3/c1-4-5-15-32-23-13-10-19(16-24(23)31-3)25(30)29(2)14-6-7-21-17-22(28-27-21)18-8-11-20(26)12-9-18/h8-13,16-17H,4-7,14-15H2,1-3H3,(H,27,28). The molecule has 3 aromatic rings. The van der Waals surface area contributed by atoms with Crippen molar-refractivity contribution >= 4 is 5.91 Å². The van der Waals surface area contributed by atoms with Crippen molar-refractivity contribution in [2.75, 3.05) is 27.3 Å². The number of nitrogens with zero attached hydrogens (tertiary/aromatic N) is 2. The molecule has 0 spiro atoms. The molecule has 1 heterocycles. The summed E-state index contributed by atoms with van der Waals surface area (Å²) in [6.45, 7) is 3.33. The van der Waals surface area contributed by atoms with E-state index >= 15 is 0 Å². The average molecular weight is 440 g/mol. The number of aryl methyl sites for hydroxylation is 1. The minimum absolute atomic E-state index is 0.0694. The Morgan fingerprint density at radius 3 is 2.59 bits per heavy atom. The molecule has 0 saturated carbocycles. The topological polar surface area (TPSA) is 67.5 Å². The van der Waals surface area contributed by atoms with Gasteiger partial charge in [0.15, 0.2) is 11.5 Å². The van der Waals surface area contributed by atoms with E-state index in [0.717, 1.165) is 42.6 Å². The highest BCUT2D eigenvalue weighted by Crippen LogP contribution is 2.29. The highest BCUT2D eigenvalue weighted by atomic mass is 19.1. The smallest absolute Gasteiger partial charge is 0.253 e. The number of hydrogen-bond acceptors (Lipinski definition) is 4. The van der Waals surface area contributed by atoms with Gasteiger partial charge in [0.2, 0.25) is 0 Å². The first-order chi connectivity index (χ1) is 15.5. The van der Waals surface area contributed by atoms with Crippen LogP contribution in [0.15, 0.2) is 48.5 Å². The van der Waals surface area contributed by atoms with Crippen LogP contribution in [0.25, 0.3) is 11.3 Å². The number of unbranched alkanes of at least 4 members (excludes halogenated alkanes) is 1. The zero-order chi connectivity index (χ0) is 22.9. The molecule has 2 aromatic carbocycles. The first-order valence-electron chi connectivity index (χ1n) is 10.9. The number of H-pyrrole nitrogens is 1. The molecule has 0 atom stereocenters. The Morgan fingerprint density at radius 1 is 1.09 bits per heavy atom. The van der Waals surface area contributed by atoms with Gasteiger partial charge < -0.3 is 14.4 Å². The van der Waals surface area contributed by atoms with Gasteiger partial charge in [-0.25, -0.2) is 4.39 Å². The summed E-state index contributed by atoms with van der Waals surface area (Å²) in [7, 11) is 3.36. The van der Waals surface area contributed by atoms with Gasteiger partial charge in [0.25, 0.3) is 5.91 Å². The third-order valence-corrected chi connectivity index (χ3v) is 5.22. The van der Waals surface area contributed by atoms with Gasteiger partial charge in [0.1, 0.15) is 5.82 Å². The minimum atomic E-state index is -0.270. The number of carbonyl (C=O) groups is 1. The van der Waals surface area contributed by atoms with Gasteiger partial charge in [-0.05, 0) is 67.8 Å². The number of ether oxygens (including phenoxy) is 2. The van der Waals surface area contributed by atoms with Crippen molar-refractivity contribution in [3.63, 3.8) is 0 Å². The number of carbonyl (C=O) groups excluding carboxylic acids is 1. The number of hydrogen-bond donors (Lipinski definition) is 1. The number of halogens is 1. The molecule has 0 unspecified atom stereocenters. The van der Waals surface area contributed by atoms with E-state index in [-0.39, 0.29) is 11.7 Å². The molecule has 32 heavy (non-hydrogen) atoms. The zero-order valence-electron chi connectivity index (χ0n) is 18.9. The Bertz CT molecular complexity index is 1020. The lowest BCUT2D eigenvalue weighted by atomic mass is 10.1. The molecule has 1 N–H and O–H groups in total. The maximum Gasteiger partial charge on any atom is 0.253 e. The summed E-state index contributed by atoms with van der Waals surface area (Å²) >= 11 is 0. The molecule has 0 aliphatic carbocycles. The normalized spacial score (nSPS) is 10.8. The number of benzene rings is 2. The second-order valence-corrected chi connectivity index (χ2v) is 7.68. The van der Waals surface area contributed by atoms with Crippen LogP contribution in [0, 0.1) is 5.82 Å². The highest BCUT2D eigenvalue weighted by molar-refractivity contribution is 5.94. The summed E-state index contributed by atoms with van der Waals surface area (Å²) in [6, 6.07) is 13.5. The molecule has 0 radical (unpaired) electrons. The predicted octanol–water partition coefficient (Wildman–Crippen LogP) is 5.11. The summed E-state index contributed by atoms with van der Waals surface area (Å²) in [6.07, 6.45) is 3.55. The van der Waals surface area contributed by atoms with Gasteiger partial charge in [-0.1, -0.05) is 13.3 Å². The highest BCUT2D eigenvalue weighted by Gasteiger charge is 2.15. The van der Waals surface area contributed by atoms with E-state index in [2.05, 4.69) is 17.1 Å². The molecule has 0 fully saturated rings. The molecule has 0 aliphatic rings. The largest absolute Gasteiger partial charge is 0.493 e. The predicted molar refractivity (Wildman–Crippen MR) is 123 cm³/mol. The summed E-state index contributed by atoms with van der Waals surface area (Å²) < 4.78 is 24.2. The Balaban J connectivity index is 1.53. The van der Waals surface area contributed by atoms with Crippen LogP contribution in [0.5, 0.6) is 11.5 Å². The quantitative estimate of drug-likeness (QED) is 0.422. The van der Waals surface area contributed by atoms with Gasteiger partial charge in [-0.15, -0.1) is 0 Å². The SMILES string of the molecule is CCCCOc1ccc(C(=O)N(C)CCCc2cc(-c3ccc(F)cc3)n[nH]2)cc1OC. The Hall–Kier alpha value is -3.35. The minimum Gasteiger partial charge on any atom is -0.493 e. The van der Waals surface area contributed by atoms with E-state index in [4.69, 9.17) is 9.47 Å². The summed E-state index contributed by atoms with van der Waals surface area (Å²) in [5.74, 6) is 0.871. The van der Waals surface area contributed by atoms with Crippen LogP contribution in [0.3, 0.4) is 0 Å². The van der Waals surface area contributed by atoms with Gasteiger partial charge in [-0.2, -0.15) is 5.10 Å². The van der Waals surface area contributed by atoms with Crippen LogP contribution in [0.4, 0.5) is 4.39 Å². The van der Waals surface area contributed by atoms with Crippen molar-refractivity contribution in [3.05, 3.63) is 65.6 Å². The number of amides is 1. The van der Waals surface area contributed by atoms with Crippen LogP contribution in [-0.2, 0) is 6.42 Å². The lowest BCUT2D eigenvalue weighted by Crippen LogP contribution is -2.28. The molecule has 6 nitrogen and oxygen atoms in total. The van der Waals surface area contributed by atoms with Crippen LogP contribution in [-0.4, -0.2) is 48.3 Å². The van der Waals surface area contributed by atoms with Gasteiger partial charge in [0.05, 0.1) is 19.4 Å². The van der Waals surface area contributed by atoms with E-state index in [1.807, 2.05) is 6.07 Å². The van der Waals surface area contributed by atoms with E-state index < -0.39 is 0 Å². The van der Waals surface area contributed by atoms with E-state index in [1.54, 1.807) is 49.4 Å². The molecule has 3 rings (SSSR count).